The fourth-order valence-electron chi connectivity index (χ4n) is 0.754. The highest BCUT2D eigenvalue weighted by atomic mass is 19.1. The van der Waals surface area contributed by atoms with Crippen molar-refractivity contribution in [3.8, 4) is 0 Å². The average Bonchev–Trinajstić information content (AvgIpc) is 2.42. The first-order valence-electron chi connectivity index (χ1n) is 3.38. The van der Waals surface area contributed by atoms with Crippen molar-refractivity contribution in [2.45, 2.75) is 13.8 Å². The van der Waals surface area contributed by atoms with Gasteiger partial charge in [0.15, 0.2) is 0 Å². The highest BCUT2D eigenvalue weighted by Crippen LogP contribution is 2.09. The van der Waals surface area contributed by atoms with Crippen LogP contribution in [0.4, 0.5) is 4.39 Å². The molecule has 0 saturated carbocycles. The van der Waals surface area contributed by atoms with Gasteiger partial charge in [-0.1, -0.05) is 19.9 Å². The van der Waals surface area contributed by atoms with Crippen LogP contribution in [-0.4, -0.2) is 19.9 Å². The largest absolute Gasteiger partial charge is 0.289 e. The van der Waals surface area contributed by atoms with Gasteiger partial charge in [-0.15, -0.1) is 0 Å². The van der Waals surface area contributed by atoms with Crippen molar-refractivity contribution in [1.82, 2.24) is 0 Å². The van der Waals surface area contributed by atoms with Crippen LogP contribution in [0.3, 0.4) is 0 Å². The maximum Gasteiger partial charge on any atom is 0.0785 e. The molecule has 0 fully saturated rings. The highest BCUT2D eigenvalue weighted by molar-refractivity contribution is 5.81. The molecule has 0 aromatic carbocycles. The number of aliphatic imine (C=N–C) groups is 1. The van der Waals surface area contributed by atoms with E-state index in [0.717, 1.165) is 6.54 Å². The smallest absolute Gasteiger partial charge is 0.0785 e. The van der Waals surface area contributed by atoms with E-state index in [1.54, 1.807) is 0 Å². The molecule has 0 saturated heterocycles. The van der Waals surface area contributed by atoms with Crippen molar-refractivity contribution >= 4 is 6.21 Å². The molecule has 58 valence electrons. The second-order valence-electron chi connectivity index (χ2n) is 2.35. The van der Waals surface area contributed by atoms with E-state index in [1.165, 1.54) is 5.57 Å². The Kier molecular flexibility index (Phi) is 4.81. The van der Waals surface area contributed by atoms with Crippen molar-refractivity contribution in [2.75, 3.05) is 13.7 Å². The monoisotopic (exact) mass is 143 g/mol. The molecule has 0 N–H and O–H groups in total. The Labute approximate surface area is 61.7 Å². The predicted octanol–water partition coefficient (Wildman–Crippen LogP) is 2.24. The Bertz CT molecular complexity index is 136. The van der Waals surface area contributed by atoms with Gasteiger partial charge < -0.3 is 0 Å². The van der Waals surface area contributed by atoms with Crippen LogP contribution in [0.2, 0.25) is 0 Å². The Morgan fingerprint density at radius 2 is 2.10 bits per heavy atom. The van der Waals surface area contributed by atoms with Crippen molar-refractivity contribution in [2.24, 2.45) is 10.9 Å². The second kappa shape index (κ2) is 5.15. The molecule has 1 nitrogen and oxygen atoms in total. The van der Waals surface area contributed by atoms with E-state index >= 15 is 0 Å². The lowest BCUT2D eigenvalue weighted by atomic mass is 10.1. The second-order valence-corrected chi connectivity index (χ2v) is 2.35. The Morgan fingerprint density at radius 3 is 2.30 bits per heavy atom. The van der Waals surface area contributed by atoms with E-state index in [2.05, 4.69) is 24.9 Å². The van der Waals surface area contributed by atoms with E-state index in [4.69, 9.17) is 0 Å². The van der Waals surface area contributed by atoms with Crippen molar-refractivity contribution in [3.05, 3.63) is 11.6 Å². The van der Waals surface area contributed by atoms with Gasteiger partial charge in [0.1, 0.15) is 0 Å². The minimum absolute atomic E-state index is 0.500. The Morgan fingerprint density at radius 1 is 1.50 bits per heavy atom. The molecule has 1 rings (SSSR count). The molecule has 1 aliphatic heterocycles. The first-order valence-corrected chi connectivity index (χ1v) is 3.38. The van der Waals surface area contributed by atoms with Gasteiger partial charge in [0.05, 0.1) is 13.7 Å². The maximum absolute atomic E-state index is 9.50. The number of nitrogens with zero attached hydrogens (tertiary/aromatic N) is 1. The summed E-state index contributed by atoms with van der Waals surface area (Å²) in [6.45, 7) is 5.26. The zero-order valence-corrected chi connectivity index (χ0v) is 6.76. The average molecular weight is 143 g/mol. The summed E-state index contributed by atoms with van der Waals surface area (Å²) in [5, 5.41) is 0. The van der Waals surface area contributed by atoms with Gasteiger partial charge >= 0.3 is 0 Å². The number of allylic oxidation sites excluding steroid dienone is 1. The number of rotatable bonds is 1. The van der Waals surface area contributed by atoms with Crippen LogP contribution in [0.15, 0.2) is 16.6 Å². The van der Waals surface area contributed by atoms with Crippen LogP contribution in [-0.2, 0) is 0 Å². The van der Waals surface area contributed by atoms with Crippen LogP contribution < -0.4 is 0 Å². The lowest BCUT2D eigenvalue weighted by molar-refractivity contribution is 0.636. The van der Waals surface area contributed by atoms with Gasteiger partial charge in [-0.3, -0.25) is 9.38 Å². The van der Waals surface area contributed by atoms with Gasteiger partial charge in [0.25, 0.3) is 0 Å². The topological polar surface area (TPSA) is 12.4 Å². The number of alkyl halides is 1. The van der Waals surface area contributed by atoms with E-state index in [1.807, 2.05) is 6.21 Å². The van der Waals surface area contributed by atoms with Gasteiger partial charge in [-0.05, 0) is 11.5 Å². The van der Waals surface area contributed by atoms with Crippen molar-refractivity contribution < 1.29 is 4.39 Å². The molecule has 10 heavy (non-hydrogen) atoms. The molecule has 0 amide bonds. The molecule has 0 aromatic heterocycles. The van der Waals surface area contributed by atoms with Crippen molar-refractivity contribution in [1.29, 1.82) is 0 Å². The summed E-state index contributed by atoms with van der Waals surface area (Å²) in [5.74, 6) is 0.654. The SMILES string of the molecule is CC(C)C1=CCN=C1.CF. The number of hydrogen-bond acceptors (Lipinski definition) is 1. The van der Waals surface area contributed by atoms with E-state index in [9.17, 15) is 4.39 Å². The van der Waals surface area contributed by atoms with E-state index in [0.29, 0.717) is 13.1 Å². The number of halogens is 1. The zero-order chi connectivity index (χ0) is 7.98. The molecule has 0 atom stereocenters. The van der Waals surface area contributed by atoms with Crippen LogP contribution in [0.1, 0.15) is 13.8 Å². The zero-order valence-electron chi connectivity index (χ0n) is 6.76. The fourth-order valence-corrected chi connectivity index (χ4v) is 0.754. The van der Waals surface area contributed by atoms with Crippen LogP contribution in [0, 0.1) is 5.92 Å². The van der Waals surface area contributed by atoms with Gasteiger partial charge in [-0.2, -0.15) is 0 Å². The summed E-state index contributed by atoms with van der Waals surface area (Å²) in [6.07, 6.45) is 4.13. The van der Waals surface area contributed by atoms with Crippen LogP contribution in [0.25, 0.3) is 0 Å². The Balaban J connectivity index is 0.000000371. The van der Waals surface area contributed by atoms with E-state index < -0.39 is 0 Å². The van der Waals surface area contributed by atoms with Gasteiger partial charge in [-0.25, -0.2) is 0 Å². The molecule has 0 aliphatic carbocycles. The molecule has 2 heteroatoms. The fraction of sp³-hybridized carbons (Fsp3) is 0.625. The Hall–Kier alpha value is -0.660. The summed E-state index contributed by atoms with van der Waals surface area (Å²) < 4.78 is 9.50. The van der Waals surface area contributed by atoms with Crippen LogP contribution >= 0.6 is 0 Å². The molecule has 0 bridgehead atoms. The number of hydrogen-bond donors (Lipinski definition) is 0. The molecule has 1 aliphatic rings. The van der Waals surface area contributed by atoms with Gasteiger partial charge in [0.2, 0.25) is 0 Å². The molecular formula is C8H14FN. The minimum atomic E-state index is 0.500. The standard InChI is InChI=1S/C7H11N.CH3F/c1-6(2)7-3-4-8-5-7;1-2/h3,5-6H,4H2,1-2H3;1H3. The third-order valence-electron chi connectivity index (χ3n) is 1.34. The highest BCUT2D eigenvalue weighted by Gasteiger charge is 2.01. The molecule has 0 spiro atoms. The predicted molar refractivity (Wildman–Crippen MR) is 43.3 cm³/mol. The third-order valence-corrected chi connectivity index (χ3v) is 1.34. The van der Waals surface area contributed by atoms with E-state index in [-0.39, 0.29) is 0 Å². The quantitative estimate of drug-likeness (QED) is 0.533. The van der Waals surface area contributed by atoms with Gasteiger partial charge in [0, 0.05) is 6.21 Å². The molecule has 0 unspecified atom stereocenters. The normalized spacial score (nSPS) is 14.7. The summed E-state index contributed by atoms with van der Waals surface area (Å²) >= 11 is 0. The lowest BCUT2D eigenvalue weighted by Gasteiger charge is -1.98. The maximum atomic E-state index is 9.50. The third kappa shape index (κ3) is 2.76. The summed E-state index contributed by atoms with van der Waals surface area (Å²) in [6, 6.07) is 0. The summed E-state index contributed by atoms with van der Waals surface area (Å²) in [4.78, 5) is 4.07. The molecule has 0 radical (unpaired) electrons. The lowest BCUT2D eigenvalue weighted by Crippen LogP contribution is -1.90. The molecule has 1 heterocycles. The minimum Gasteiger partial charge on any atom is -0.289 e. The molecule has 0 aromatic rings. The summed E-state index contributed by atoms with van der Waals surface area (Å²) in [5.41, 5.74) is 1.38. The van der Waals surface area contributed by atoms with Crippen molar-refractivity contribution in [3.63, 3.8) is 0 Å². The summed E-state index contributed by atoms with van der Waals surface area (Å²) in [7, 11) is 0.500. The molecular weight excluding hydrogens is 129 g/mol. The first-order chi connectivity index (χ1) is 4.80. The van der Waals surface area contributed by atoms with Crippen LogP contribution in [0.5, 0.6) is 0 Å². The first kappa shape index (κ1) is 9.34.